The Morgan fingerprint density at radius 2 is 1.04 bits per heavy atom. The van der Waals surface area contributed by atoms with Gasteiger partial charge in [0.15, 0.2) is 6.04 Å². The summed E-state index contributed by atoms with van der Waals surface area (Å²) in [6, 6.07) is 48.7. The molecule has 1 atom stereocenters. The monoisotopic (exact) mass is 609 g/mol. The SMILES string of the molecule is CCOC(=O)C1C(=C(c2ccccc2)c2ccccc2)C(=C(c2ccccc2)c2ccccc2)C(C)(C)N1c1ccc(Cl)cc1. The Morgan fingerprint density at radius 1 is 0.644 bits per heavy atom. The molecule has 0 aromatic heterocycles. The number of esters is 1. The number of carbonyl (C=O) groups excluding carboxylic acids is 1. The Kier molecular flexibility index (Phi) is 8.73. The molecule has 45 heavy (non-hydrogen) atoms. The van der Waals surface area contributed by atoms with E-state index in [4.69, 9.17) is 16.3 Å². The van der Waals surface area contributed by atoms with E-state index >= 15 is 0 Å². The van der Waals surface area contributed by atoms with Crippen molar-refractivity contribution in [2.45, 2.75) is 32.4 Å². The lowest BCUT2D eigenvalue weighted by atomic mass is 9.78. The molecular formula is C41H36ClNO2. The van der Waals surface area contributed by atoms with E-state index < -0.39 is 11.6 Å². The van der Waals surface area contributed by atoms with E-state index in [0.29, 0.717) is 5.02 Å². The largest absolute Gasteiger partial charge is 0.464 e. The second kappa shape index (κ2) is 13.0. The summed E-state index contributed by atoms with van der Waals surface area (Å²) in [5.41, 5.74) is 8.48. The Bertz CT molecular complexity index is 1750. The van der Waals surface area contributed by atoms with Crippen LogP contribution in [0, 0.1) is 0 Å². The van der Waals surface area contributed by atoms with Crippen LogP contribution in [-0.2, 0) is 9.53 Å². The molecule has 0 saturated carbocycles. The molecule has 5 aromatic rings. The van der Waals surface area contributed by atoms with Crippen LogP contribution in [0.25, 0.3) is 11.1 Å². The molecule has 0 N–H and O–H groups in total. The molecule has 4 heteroatoms. The van der Waals surface area contributed by atoms with Crippen LogP contribution in [0.4, 0.5) is 5.69 Å². The van der Waals surface area contributed by atoms with Gasteiger partial charge in [0.25, 0.3) is 0 Å². The highest BCUT2D eigenvalue weighted by Gasteiger charge is 2.53. The summed E-state index contributed by atoms with van der Waals surface area (Å²) in [5, 5.41) is 0.637. The molecular weight excluding hydrogens is 574 g/mol. The first-order valence-electron chi connectivity index (χ1n) is 15.3. The molecule has 1 heterocycles. The van der Waals surface area contributed by atoms with Gasteiger partial charge >= 0.3 is 5.97 Å². The normalized spacial score (nSPS) is 15.6. The highest BCUT2D eigenvalue weighted by Crippen LogP contribution is 2.53. The highest BCUT2D eigenvalue weighted by molar-refractivity contribution is 6.30. The molecule has 0 radical (unpaired) electrons. The van der Waals surface area contributed by atoms with Gasteiger partial charge in [0.2, 0.25) is 0 Å². The second-order valence-corrected chi connectivity index (χ2v) is 12.0. The smallest absolute Gasteiger partial charge is 0.333 e. The topological polar surface area (TPSA) is 29.5 Å². The number of carbonyl (C=O) groups is 1. The Morgan fingerprint density at radius 3 is 1.44 bits per heavy atom. The van der Waals surface area contributed by atoms with Crippen molar-refractivity contribution in [2.24, 2.45) is 0 Å². The van der Waals surface area contributed by atoms with Crippen LogP contribution in [0.3, 0.4) is 0 Å². The molecule has 3 nitrogen and oxygen atoms in total. The van der Waals surface area contributed by atoms with Gasteiger partial charge in [0.1, 0.15) is 0 Å². The number of nitrogens with zero attached hydrogens (tertiary/aromatic N) is 1. The lowest BCUT2D eigenvalue weighted by Crippen LogP contribution is -2.47. The number of rotatable bonds is 7. The molecule has 0 amide bonds. The van der Waals surface area contributed by atoms with Crippen molar-refractivity contribution in [3.05, 3.63) is 184 Å². The summed E-state index contributed by atoms with van der Waals surface area (Å²) < 4.78 is 5.92. The summed E-state index contributed by atoms with van der Waals surface area (Å²) in [5.74, 6) is -0.296. The molecule has 1 saturated heterocycles. The number of benzene rings is 5. The van der Waals surface area contributed by atoms with E-state index in [-0.39, 0.29) is 12.6 Å². The lowest BCUT2D eigenvalue weighted by Gasteiger charge is -2.37. The average molecular weight is 610 g/mol. The van der Waals surface area contributed by atoms with Crippen molar-refractivity contribution >= 4 is 34.4 Å². The third-order valence-corrected chi connectivity index (χ3v) is 8.65. The molecule has 1 aliphatic heterocycles. The third kappa shape index (κ3) is 5.84. The number of ether oxygens (including phenoxy) is 1. The van der Waals surface area contributed by atoms with Crippen molar-refractivity contribution in [3.63, 3.8) is 0 Å². The number of halogens is 1. The molecule has 6 rings (SSSR count). The predicted octanol–water partition coefficient (Wildman–Crippen LogP) is 9.87. The van der Waals surface area contributed by atoms with E-state index in [1.54, 1.807) is 0 Å². The molecule has 5 aromatic carbocycles. The van der Waals surface area contributed by atoms with Gasteiger partial charge < -0.3 is 9.64 Å². The van der Waals surface area contributed by atoms with Crippen molar-refractivity contribution in [3.8, 4) is 0 Å². The zero-order valence-electron chi connectivity index (χ0n) is 25.8. The van der Waals surface area contributed by atoms with Crippen LogP contribution in [0.2, 0.25) is 5.02 Å². The van der Waals surface area contributed by atoms with Gasteiger partial charge in [0.05, 0.1) is 12.1 Å². The Labute approximate surface area is 271 Å². The Balaban J connectivity index is 1.85. The van der Waals surface area contributed by atoms with E-state index in [9.17, 15) is 4.79 Å². The molecule has 0 aliphatic carbocycles. The molecule has 0 spiro atoms. The maximum absolute atomic E-state index is 14.5. The van der Waals surface area contributed by atoms with Crippen molar-refractivity contribution in [1.82, 2.24) is 0 Å². The first kappa shape index (κ1) is 30.2. The standard InChI is InChI=1S/C41H36ClNO2/c1-4-45-40(44)39-37(35(29-17-9-5-10-18-29)30-19-11-6-12-20-30)38(41(2,3)43(39)34-27-25-33(42)26-28-34)36(31-21-13-7-14-22-31)32-23-15-8-16-24-32/h5-28,39H,4H2,1-3H3. The van der Waals surface area contributed by atoms with Gasteiger partial charge in [-0.05, 0) is 84.0 Å². The van der Waals surface area contributed by atoms with E-state index in [0.717, 1.165) is 50.2 Å². The first-order valence-corrected chi connectivity index (χ1v) is 15.7. The fourth-order valence-electron chi connectivity index (χ4n) is 6.61. The fraction of sp³-hybridized carbons (Fsp3) is 0.146. The molecule has 1 fully saturated rings. The number of hydrogen-bond acceptors (Lipinski definition) is 3. The van der Waals surface area contributed by atoms with E-state index in [1.165, 1.54) is 0 Å². The molecule has 0 bridgehead atoms. The number of anilines is 1. The van der Waals surface area contributed by atoms with E-state index in [2.05, 4.69) is 91.5 Å². The highest BCUT2D eigenvalue weighted by atomic mass is 35.5. The van der Waals surface area contributed by atoms with Gasteiger partial charge in [-0.1, -0.05) is 133 Å². The maximum Gasteiger partial charge on any atom is 0.333 e. The zero-order valence-corrected chi connectivity index (χ0v) is 26.5. The minimum Gasteiger partial charge on any atom is -0.464 e. The minimum atomic E-state index is -0.742. The third-order valence-electron chi connectivity index (χ3n) is 8.40. The van der Waals surface area contributed by atoms with Crippen LogP contribution in [0.5, 0.6) is 0 Å². The molecule has 224 valence electrons. The maximum atomic E-state index is 14.5. The van der Waals surface area contributed by atoms with Crippen LogP contribution in [0.15, 0.2) is 157 Å². The van der Waals surface area contributed by atoms with Crippen LogP contribution < -0.4 is 4.90 Å². The van der Waals surface area contributed by atoms with Gasteiger partial charge in [-0.25, -0.2) is 4.79 Å². The number of hydrogen-bond donors (Lipinski definition) is 0. The van der Waals surface area contributed by atoms with Crippen molar-refractivity contribution < 1.29 is 9.53 Å². The van der Waals surface area contributed by atoms with E-state index in [1.807, 2.05) is 79.7 Å². The van der Waals surface area contributed by atoms with Crippen molar-refractivity contribution in [1.29, 1.82) is 0 Å². The lowest BCUT2D eigenvalue weighted by molar-refractivity contribution is -0.143. The van der Waals surface area contributed by atoms with Crippen LogP contribution in [0.1, 0.15) is 43.0 Å². The molecule has 1 aliphatic rings. The van der Waals surface area contributed by atoms with Crippen molar-refractivity contribution in [2.75, 3.05) is 11.5 Å². The van der Waals surface area contributed by atoms with Gasteiger partial charge in [0, 0.05) is 16.3 Å². The second-order valence-electron chi connectivity index (χ2n) is 11.6. The predicted molar refractivity (Wildman–Crippen MR) is 186 cm³/mol. The average Bonchev–Trinajstić information content (AvgIpc) is 3.30. The summed E-state index contributed by atoms with van der Waals surface area (Å²) in [6.45, 7) is 6.54. The Hall–Kier alpha value is -4.86. The van der Waals surface area contributed by atoms with Crippen LogP contribution in [-0.4, -0.2) is 24.2 Å². The summed E-state index contributed by atoms with van der Waals surface area (Å²) in [4.78, 5) is 16.7. The first-order chi connectivity index (χ1) is 21.9. The molecule has 1 unspecified atom stereocenters. The van der Waals surface area contributed by atoms with Gasteiger partial charge in [-0.15, -0.1) is 0 Å². The summed E-state index contributed by atoms with van der Waals surface area (Å²) in [7, 11) is 0. The fourth-order valence-corrected chi connectivity index (χ4v) is 6.74. The quantitative estimate of drug-likeness (QED) is 0.172. The minimum absolute atomic E-state index is 0.271. The van der Waals surface area contributed by atoms with Gasteiger partial charge in [-0.3, -0.25) is 0 Å². The van der Waals surface area contributed by atoms with Crippen LogP contribution >= 0.6 is 11.6 Å². The van der Waals surface area contributed by atoms with Gasteiger partial charge in [-0.2, -0.15) is 0 Å². The summed E-state index contributed by atoms with van der Waals surface area (Å²) in [6.07, 6.45) is 0. The summed E-state index contributed by atoms with van der Waals surface area (Å²) >= 11 is 6.39. The zero-order chi connectivity index (χ0) is 31.4.